The summed E-state index contributed by atoms with van der Waals surface area (Å²) in [7, 11) is 0. The van der Waals surface area contributed by atoms with E-state index in [1.807, 2.05) is 32.9 Å². The second-order valence-corrected chi connectivity index (χ2v) is 7.42. The molecule has 3 rings (SSSR count). The molecule has 6 nitrogen and oxygen atoms in total. The number of rotatable bonds is 7. The van der Waals surface area contributed by atoms with Gasteiger partial charge in [-0.2, -0.15) is 0 Å². The fourth-order valence-electron chi connectivity index (χ4n) is 3.17. The minimum absolute atomic E-state index is 0.0662. The van der Waals surface area contributed by atoms with E-state index in [0.717, 1.165) is 6.42 Å². The Bertz CT molecular complexity index is 822. The molecule has 0 aliphatic carbocycles. The molecule has 1 saturated heterocycles. The highest BCUT2D eigenvalue weighted by atomic mass is 16.7. The molecule has 2 aromatic rings. The summed E-state index contributed by atoms with van der Waals surface area (Å²) in [5.74, 6) is -0.907. The molecule has 1 aliphatic rings. The highest BCUT2D eigenvalue weighted by Crippen LogP contribution is 2.28. The number of hydrogen-bond acceptors (Lipinski definition) is 6. The smallest absolute Gasteiger partial charge is 0.338 e. The summed E-state index contributed by atoms with van der Waals surface area (Å²) in [6.07, 6.45) is -1.38. The zero-order chi connectivity index (χ0) is 21.5. The minimum atomic E-state index is -0.728. The predicted molar refractivity (Wildman–Crippen MR) is 111 cm³/mol. The van der Waals surface area contributed by atoms with Crippen molar-refractivity contribution < 1.29 is 28.5 Å². The van der Waals surface area contributed by atoms with Gasteiger partial charge in [0.2, 0.25) is 0 Å². The van der Waals surface area contributed by atoms with Gasteiger partial charge < -0.3 is 18.9 Å². The first-order valence-corrected chi connectivity index (χ1v) is 10.3. The molecular weight excluding hydrogens is 384 g/mol. The Labute approximate surface area is 177 Å². The molecule has 0 bridgehead atoms. The van der Waals surface area contributed by atoms with Crippen LogP contribution in [0.2, 0.25) is 0 Å². The number of benzene rings is 2. The maximum absolute atomic E-state index is 12.6. The molecule has 2 aromatic carbocycles. The van der Waals surface area contributed by atoms with Crippen LogP contribution in [-0.2, 0) is 18.9 Å². The normalized spacial score (nSPS) is 24.6. The molecule has 1 heterocycles. The Kier molecular flexibility index (Phi) is 7.60. The second kappa shape index (κ2) is 10.4. The predicted octanol–water partition coefficient (Wildman–Crippen LogP) is 4.39. The van der Waals surface area contributed by atoms with Gasteiger partial charge in [0.05, 0.1) is 23.3 Å². The van der Waals surface area contributed by atoms with Crippen molar-refractivity contribution in [3.05, 3.63) is 71.8 Å². The van der Waals surface area contributed by atoms with E-state index in [2.05, 4.69) is 0 Å². The average molecular weight is 412 g/mol. The van der Waals surface area contributed by atoms with Gasteiger partial charge in [-0.05, 0) is 44.5 Å². The van der Waals surface area contributed by atoms with E-state index < -0.39 is 36.5 Å². The van der Waals surface area contributed by atoms with Crippen LogP contribution in [0, 0.1) is 0 Å². The Hall–Kier alpha value is -2.70. The lowest BCUT2D eigenvalue weighted by Crippen LogP contribution is -2.51. The molecule has 0 amide bonds. The van der Waals surface area contributed by atoms with Gasteiger partial charge in [-0.15, -0.1) is 0 Å². The number of esters is 2. The molecule has 160 valence electrons. The highest BCUT2D eigenvalue weighted by Gasteiger charge is 2.41. The summed E-state index contributed by atoms with van der Waals surface area (Å²) in [5.41, 5.74) is 0.900. The monoisotopic (exact) mass is 412 g/mol. The van der Waals surface area contributed by atoms with Crippen molar-refractivity contribution in [3.8, 4) is 0 Å². The van der Waals surface area contributed by atoms with Crippen molar-refractivity contribution in [1.29, 1.82) is 0 Å². The van der Waals surface area contributed by atoms with Crippen LogP contribution in [0.3, 0.4) is 0 Å². The van der Waals surface area contributed by atoms with E-state index in [-0.39, 0.29) is 6.10 Å². The molecule has 1 aliphatic heterocycles. The van der Waals surface area contributed by atoms with Gasteiger partial charge in [-0.25, -0.2) is 9.59 Å². The summed E-state index contributed by atoms with van der Waals surface area (Å²) in [6, 6.07) is 17.5. The number of carbonyl (C=O) groups excluding carboxylic acids is 2. The van der Waals surface area contributed by atoms with Crippen LogP contribution in [0.1, 0.15) is 54.3 Å². The van der Waals surface area contributed by atoms with Crippen LogP contribution in [0.15, 0.2) is 60.7 Å². The van der Waals surface area contributed by atoms with Gasteiger partial charge in [0.15, 0.2) is 12.4 Å². The standard InChI is InChI=1S/C24H28O6/c1-4-16(2)27-24-21(30-23(26)19-13-9-6-10-14-19)15-20(17(3)28-24)29-22(25)18-11-7-5-8-12-18/h5-14,16-17,20-21,24H,4,15H2,1-3H3/t16-,17?,20?,21?,24?/m1/s1. The Morgan fingerprint density at radius 1 is 0.933 bits per heavy atom. The molecule has 0 radical (unpaired) electrons. The first-order chi connectivity index (χ1) is 14.5. The van der Waals surface area contributed by atoms with Crippen molar-refractivity contribution in [2.45, 2.75) is 64.3 Å². The van der Waals surface area contributed by atoms with Crippen LogP contribution in [0.4, 0.5) is 0 Å². The fraction of sp³-hybridized carbons (Fsp3) is 0.417. The summed E-state index contributed by atoms with van der Waals surface area (Å²) < 4.78 is 23.3. The van der Waals surface area contributed by atoms with Crippen molar-refractivity contribution in [3.63, 3.8) is 0 Å². The maximum atomic E-state index is 12.6. The van der Waals surface area contributed by atoms with E-state index in [1.54, 1.807) is 48.5 Å². The molecule has 0 saturated carbocycles. The van der Waals surface area contributed by atoms with E-state index >= 15 is 0 Å². The fourth-order valence-corrected chi connectivity index (χ4v) is 3.17. The summed E-state index contributed by atoms with van der Waals surface area (Å²) in [4.78, 5) is 25.1. The molecule has 4 unspecified atom stereocenters. The van der Waals surface area contributed by atoms with Gasteiger partial charge >= 0.3 is 11.9 Å². The third-order valence-corrected chi connectivity index (χ3v) is 5.12. The quantitative estimate of drug-likeness (QED) is 0.628. The number of carbonyl (C=O) groups is 2. The minimum Gasteiger partial charge on any atom is -0.456 e. The third-order valence-electron chi connectivity index (χ3n) is 5.12. The maximum Gasteiger partial charge on any atom is 0.338 e. The molecule has 6 heteroatoms. The van der Waals surface area contributed by atoms with Gasteiger partial charge in [0.25, 0.3) is 0 Å². The molecule has 1 fully saturated rings. The highest BCUT2D eigenvalue weighted by molar-refractivity contribution is 5.90. The van der Waals surface area contributed by atoms with Gasteiger partial charge in [-0.1, -0.05) is 43.3 Å². The molecule has 0 N–H and O–H groups in total. The zero-order valence-corrected chi connectivity index (χ0v) is 17.5. The van der Waals surface area contributed by atoms with E-state index in [0.29, 0.717) is 17.5 Å². The van der Waals surface area contributed by atoms with Crippen LogP contribution in [-0.4, -0.2) is 42.6 Å². The lowest BCUT2D eigenvalue weighted by atomic mass is 10.0. The molecular formula is C24H28O6. The van der Waals surface area contributed by atoms with Crippen LogP contribution in [0.25, 0.3) is 0 Å². The Morgan fingerprint density at radius 3 is 1.93 bits per heavy atom. The van der Waals surface area contributed by atoms with Crippen LogP contribution in [0.5, 0.6) is 0 Å². The van der Waals surface area contributed by atoms with Gasteiger partial charge in [0.1, 0.15) is 6.10 Å². The molecule has 0 spiro atoms. The average Bonchev–Trinajstić information content (AvgIpc) is 2.77. The van der Waals surface area contributed by atoms with Crippen molar-refractivity contribution >= 4 is 11.9 Å². The lowest BCUT2D eigenvalue weighted by molar-refractivity contribution is -0.272. The number of ether oxygens (including phenoxy) is 4. The van der Waals surface area contributed by atoms with Crippen molar-refractivity contribution in [2.24, 2.45) is 0 Å². The van der Waals surface area contributed by atoms with Gasteiger partial charge in [0, 0.05) is 6.42 Å². The Morgan fingerprint density at radius 2 is 1.43 bits per heavy atom. The topological polar surface area (TPSA) is 71.1 Å². The Balaban J connectivity index is 1.73. The van der Waals surface area contributed by atoms with E-state index in [9.17, 15) is 9.59 Å². The van der Waals surface area contributed by atoms with Crippen LogP contribution >= 0.6 is 0 Å². The second-order valence-electron chi connectivity index (χ2n) is 7.42. The first kappa shape index (κ1) is 22.0. The molecule has 30 heavy (non-hydrogen) atoms. The third kappa shape index (κ3) is 5.68. The summed E-state index contributed by atoms with van der Waals surface area (Å²) >= 11 is 0. The largest absolute Gasteiger partial charge is 0.456 e. The van der Waals surface area contributed by atoms with Crippen molar-refractivity contribution in [2.75, 3.05) is 0 Å². The molecule has 0 aromatic heterocycles. The van der Waals surface area contributed by atoms with Crippen LogP contribution < -0.4 is 0 Å². The number of hydrogen-bond donors (Lipinski definition) is 0. The summed E-state index contributed by atoms with van der Waals surface area (Å²) in [6.45, 7) is 5.77. The van der Waals surface area contributed by atoms with E-state index in [4.69, 9.17) is 18.9 Å². The summed E-state index contributed by atoms with van der Waals surface area (Å²) in [5, 5.41) is 0. The SMILES string of the molecule is CC[C@@H](C)OC1OC(C)C(OC(=O)c2ccccc2)CC1OC(=O)c1ccccc1. The lowest BCUT2D eigenvalue weighted by Gasteiger charge is -2.39. The van der Waals surface area contributed by atoms with Gasteiger partial charge in [-0.3, -0.25) is 0 Å². The first-order valence-electron chi connectivity index (χ1n) is 10.3. The van der Waals surface area contributed by atoms with E-state index in [1.165, 1.54) is 0 Å². The van der Waals surface area contributed by atoms with Crippen molar-refractivity contribution in [1.82, 2.24) is 0 Å². The zero-order valence-electron chi connectivity index (χ0n) is 17.5. The molecule has 5 atom stereocenters.